The Hall–Kier alpha value is -4.26. The van der Waals surface area contributed by atoms with Gasteiger partial charge in [-0.15, -0.1) is 0 Å². The molecule has 1 N–H and O–H groups in total. The molecule has 0 atom stereocenters. The average Bonchev–Trinajstić information content (AvgIpc) is 3.19. The smallest absolute Gasteiger partial charge is 0.287 e. The molecule has 14 heteroatoms. The molecule has 6 rings (SSSR count). The molecule has 4 heterocycles. The highest BCUT2D eigenvalue weighted by Crippen LogP contribution is 2.49. The van der Waals surface area contributed by atoms with Crippen molar-refractivity contribution in [3.05, 3.63) is 86.6 Å². The van der Waals surface area contributed by atoms with E-state index in [2.05, 4.69) is 15.3 Å². The molecule has 2 fully saturated rings. The lowest BCUT2D eigenvalue weighted by Crippen LogP contribution is -2.64. The number of anilines is 2. The lowest BCUT2D eigenvalue weighted by atomic mass is 9.74. The molecule has 3 aliphatic rings. The fourth-order valence-electron chi connectivity index (χ4n) is 6.36. The summed E-state index contributed by atoms with van der Waals surface area (Å²) < 4.78 is 41.1. The average molecular weight is 615 g/mol. The Morgan fingerprint density at radius 3 is 2.51 bits per heavy atom. The Morgan fingerprint density at radius 2 is 1.86 bits per heavy atom. The van der Waals surface area contributed by atoms with Crippen molar-refractivity contribution in [3.63, 3.8) is 0 Å². The fourth-order valence-corrected chi connectivity index (χ4v) is 6.52. The first-order valence-corrected chi connectivity index (χ1v) is 14.2. The molecule has 0 bridgehead atoms. The van der Waals surface area contributed by atoms with Gasteiger partial charge in [0, 0.05) is 37.9 Å². The Morgan fingerprint density at radius 1 is 1.12 bits per heavy atom. The number of nitro groups is 1. The predicted octanol–water partition coefficient (Wildman–Crippen LogP) is 5.21. The topological polar surface area (TPSA) is 122 Å². The van der Waals surface area contributed by atoms with Crippen molar-refractivity contribution in [2.45, 2.75) is 43.6 Å². The van der Waals surface area contributed by atoms with Gasteiger partial charge in [-0.2, -0.15) is 0 Å². The number of hydrogen-bond acceptors (Lipinski definition) is 7. The summed E-state index contributed by atoms with van der Waals surface area (Å²) in [6.07, 6.45) is 1.83. The molecule has 2 aliphatic heterocycles. The number of alkyl halides is 2. The second-order valence-corrected chi connectivity index (χ2v) is 11.7. The van der Waals surface area contributed by atoms with E-state index in [4.69, 9.17) is 11.6 Å². The van der Waals surface area contributed by atoms with E-state index in [0.29, 0.717) is 56.8 Å². The minimum Gasteiger partial charge on any atom is -0.354 e. The molecule has 1 aromatic carbocycles. The van der Waals surface area contributed by atoms with Crippen LogP contribution in [0.1, 0.15) is 53.7 Å². The summed E-state index contributed by atoms with van der Waals surface area (Å²) in [7, 11) is 0. The summed E-state index contributed by atoms with van der Waals surface area (Å²) in [5, 5.41) is 13.9. The van der Waals surface area contributed by atoms with Gasteiger partial charge in [-0.1, -0.05) is 17.7 Å². The maximum atomic E-state index is 14.4. The van der Waals surface area contributed by atoms with Crippen molar-refractivity contribution < 1.29 is 27.7 Å². The molecule has 10 nitrogen and oxygen atoms in total. The van der Waals surface area contributed by atoms with Crippen molar-refractivity contribution in [1.82, 2.24) is 15.3 Å². The number of nitrogens with one attached hydrogen (secondary N) is 1. The number of benzene rings is 1. The largest absolute Gasteiger partial charge is 0.354 e. The zero-order valence-electron chi connectivity index (χ0n) is 22.7. The zero-order valence-corrected chi connectivity index (χ0v) is 23.4. The van der Waals surface area contributed by atoms with Crippen molar-refractivity contribution in [2.75, 3.05) is 29.4 Å². The summed E-state index contributed by atoms with van der Waals surface area (Å²) in [6, 6.07) is 8.21. The van der Waals surface area contributed by atoms with Crippen molar-refractivity contribution >= 4 is 40.6 Å². The number of hydrogen-bond donors (Lipinski definition) is 1. The molecule has 1 aliphatic carbocycles. The van der Waals surface area contributed by atoms with Gasteiger partial charge in [-0.25, -0.2) is 18.2 Å². The zero-order chi connectivity index (χ0) is 30.5. The molecule has 2 aromatic heterocycles. The van der Waals surface area contributed by atoms with E-state index in [1.165, 1.54) is 30.5 Å². The summed E-state index contributed by atoms with van der Waals surface area (Å²) in [5.41, 5.74) is -0.605. The Kier molecular flexibility index (Phi) is 7.45. The van der Waals surface area contributed by atoms with Crippen molar-refractivity contribution in [1.29, 1.82) is 0 Å². The minimum atomic E-state index is -2.92. The maximum Gasteiger partial charge on any atom is 0.287 e. The SMILES string of the molecule is O=C(N[C@H]1CC[C@H](CN2C(=O)C3(CN(c4ccc([N+](=O)[O-])cn4)C3)c3ccc(F)cc32)CC1)c1cc(Cl)cnc1C(F)F. The lowest BCUT2D eigenvalue weighted by Gasteiger charge is -2.47. The van der Waals surface area contributed by atoms with Gasteiger partial charge in [0.25, 0.3) is 18.0 Å². The van der Waals surface area contributed by atoms with Gasteiger partial charge >= 0.3 is 0 Å². The van der Waals surface area contributed by atoms with Crippen LogP contribution in [0.25, 0.3) is 0 Å². The van der Waals surface area contributed by atoms with E-state index in [1.54, 1.807) is 17.0 Å². The standard InChI is InChI=1S/C29H26ClF3N6O4/c30-17-9-21(25(26(32)33)35-11-17)27(40)36-19-4-1-16(2-5-19)13-38-23-10-18(31)3-7-22(23)29(28(38)41)14-37(15-29)24-8-6-20(12-34-24)39(42)43/h3,6-12,16,19,26H,1-2,4-5,13-15H2,(H,36,40)/t16-,19-. The first kappa shape index (κ1) is 28.8. The van der Waals surface area contributed by atoms with Crippen LogP contribution in [0.3, 0.4) is 0 Å². The van der Waals surface area contributed by atoms with E-state index in [1.807, 2.05) is 4.90 Å². The molecular weight excluding hydrogens is 589 g/mol. The number of aromatic nitrogens is 2. The van der Waals surface area contributed by atoms with Gasteiger partial charge in [0.05, 0.1) is 21.2 Å². The third kappa shape index (κ3) is 5.26. The molecular formula is C29H26ClF3N6O4. The van der Waals surface area contributed by atoms with Crippen molar-refractivity contribution in [2.24, 2.45) is 5.92 Å². The normalized spacial score (nSPS) is 20.7. The van der Waals surface area contributed by atoms with Crippen LogP contribution < -0.4 is 15.1 Å². The van der Waals surface area contributed by atoms with Crippen LogP contribution in [0.15, 0.2) is 48.8 Å². The van der Waals surface area contributed by atoms with E-state index >= 15 is 0 Å². The molecule has 0 unspecified atom stereocenters. The number of carbonyl (C=O) groups excluding carboxylic acids is 2. The molecule has 1 saturated heterocycles. The molecule has 1 saturated carbocycles. The Balaban J connectivity index is 1.11. The monoisotopic (exact) mass is 614 g/mol. The number of fused-ring (bicyclic) bond motifs is 2. The third-order valence-corrected chi connectivity index (χ3v) is 8.78. The van der Waals surface area contributed by atoms with Gasteiger partial charge in [0.15, 0.2) is 0 Å². The molecule has 43 heavy (non-hydrogen) atoms. The highest BCUT2D eigenvalue weighted by atomic mass is 35.5. The number of amides is 2. The fraction of sp³-hybridized carbons (Fsp3) is 0.379. The second-order valence-electron chi connectivity index (χ2n) is 11.2. The van der Waals surface area contributed by atoms with Crippen LogP contribution in [-0.4, -0.2) is 52.4 Å². The number of pyridine rings is 2. The quantitative estimate of drug-likeness (QED) is 0.286. The van der Waals surface area contributed by atoms with Crippen LogP contribution in [0.2, 0.25) is 5.02 Å². The number of rotatable bonds is 7. The summed E-state index contributed by atoms with van der Waals surface area (Å²) in [5.74, 6) is -0.644. The minimum absolute atomic E-state index is 0.0837. The number of nitrogens with zero attached hydrogens (tertiary/aromatic N) is 5. The third-order valence-electron chi connectivity index (χ3n) is 8.57. The predicted molar refractivity (Wildman–Crippen MR) is 151 cm³/mol. The summed E-state index contributed by atoms with van der Waals surface area (Å²) in [6.45, 7) is 0.994. The summed E-state index contributed by atoms with van der Waals surface area (Å²) >= 11 is 5.88. The van der Waals surface area contributed by atoms with Gasteiger partial charge < -0.3 is 15.1 Å². The van der Waals surface area contributed by atoms with Gasteiger partial charge in [-0.05, 0) is 61.4 Å². The lowest BCUT2D eigenvalue weighted by molar-refractivity contribution is -0.385. The van der Waals surface area contributed by atoms with Crippen LogP contribution >= 0.6 is 11.6 Å². The van der Waals surface area contributed by atoms with E-state index in [-0.39, 0.29) is 34.1 Å². The van der Waals surface area contributed by atoms with Gasteiger partial charge in [0.2, 0.25) is 5.91 Å². The van der Waals surface area contributed by atoms with Crippen LogP contribution in [0, 0.1) is 21.8 Å². The van der Waals surface area contributed by atoms with Crippen LogP contribution in [0.4, 0.5) is 30.4 Å². The van der Waals surface area contributed by atoms with E-state index in [0.717, 1.165) is 11.8 Å². The first-order valence-electron chi connectivity index (χ1n) is 13.8. The Labute approximate surface area is 249 Å². The highest BCUT2D eigenvalue weighted by Gasteiger charge is 2.58. The Bertz CT molecular complexity index is 1590. The molecule has 3 aromatic rings. The molecule has 1 spiro atoms. The van der Waals surface area contributed by atoms with E-state index < -0.39 is 34.2 Å². The highest BCUT2D eigenvalue weighted by molar-refractivity contribution is 6.30. The van der Waals surface area contributed by atoms with Crippen LogP contribution in [0.5, 0.6) is 0 Å². The molecule has 2 amide bonds. The van der Waals surface area contributed by atoms with Gasteiger partial charge in [-0.3, -0.25) is 24.7 Å². The number of halogens is 4. The van der Waals surface area contributed by atoms with Crippen molar-refractivity contribution in [3.8, 4) is 0 Å². The maximum absolute atomic E-state index is 14.4. The van der Waals surface area contributed by atoms with Gasteiger partial charge in [0.1, 0.15) is 28.9 Å². The number of carbonyl (C=O) groups is 2. The molecule has 224 valence electrons. The van der Waals surface area contributed by atoms with E-state index in [9.17, 15) is 32.9 Å². The first-order chi connectivity index (χ1) is 20.6. The van der Waals surface area contributed by atoms with Crippen LogP contribution in [-0.2, 0) is 10.2 Å². The summed E-state index contributed by atoms with van der Waals surface area (Å²) in [4.78, 5) is 48.4. The molecule has 0 radical (unpaired) electrons. The second kappa shape index (κ2) is 11.1.